The van der Waals surface area contributed by atoms with Crippen molar-refractivity contribution in [2.75, 3.05) is 25.7 Å². The maximum Gasteiger partial charge on any atom is 0.394 e. The van der Waals surface area contributed by atoms with Crippen LogP contribution in [0.3, 0.4) is 0 Å². The summed E-state index contributed by atoms with van der Waals surface area (Å²) in [5, 5.41) is 17.5. The molecule has 82 heavy (non-hydrogen) atoms. The molecule has 2 saturated carbocycles. The monoisotopic (exact) mass is 1140 g/mol. The van der Waals surface area contributed by atoms with Crippen LogP contribution < -0.4 is 20.9 Å². The number of fused-ring (bicyclic) bond motifs is 2. The van der Waals surface area contributed by atoms with Crippen molar-refractivity contribution >= 4 is 78.7 Å². The van der Waals surface area contributed by atoms with Crippen molar-refractivity contribution in [3.8, 4) is 23.0 Å². The van der Waals surface area contributed by atoms with Gasteiger partial charge in [-0.15, -0.1) is 0 Å². The highest BCUT2D eigenvalue weighted by atomic mass is 32.3. The lowest BCUT2D eigenvalue weighted by Crippen LogP contribution is -2.28. The number of nitrogens with zero attached hydrogens (tertiary/aromatic N) is 2. The molecule has 424 valence electrons. The number of nitrogen functional groups attached to an aromatic ring is 2. The third-order valence-electron chi connectivity index (χ3n) is 13.6. The Morgan fingerprint density at radius 3 is 1.13 bits per heavy atom. The number of aromatic nitrogens is 2. The number of esters is 1. The van der Waals surface area contributed by atoms with Gasteiger partial charge in [0.15, 0.2) is 23.1 Å². The molecule has 22 heteroatoms. The molecule has 19 nitrogen and oxygen atoms in total. The number of ether oxygens (including phenoxy) is 3. The Morgan fingerprint density at radius 2 is 0.829 bits per heavy atom. The van der Waals surface area contributed by atoms with E-state index >= 15 is 0 Å². The third kappa shape index (κ3) is 15.1. The van der Waals surface area contributed by atoms with Crippen molar-refractivity contribution in [2.45, 2.75) is 51.4 Å². The van der Waals surface area contributed by atoms with E-state index in [9.17, 15) is 42.7 Å². The van der Waals surface area contributed by atoms with E-state index in [1.54, 1.807) is 109 Å². The molecule has 0 amide bonds. The number of nitrogens with two attached hydrogens (primary N) is 2. The van der Waals surface area contributed by atoms with Crippen LogP contribution in [-0.4, -0.2) is 87.0 Å². The second-order valence-electron chi connectivity index (χ2n) is 19.1. The smallest absolute Gasteiger partial charge is 0.394 e. The van der Waals surface area contributed by atoms with Gasteiger partial charge in [0.05, 0.1) is 40.1 Å². The fourth-order valence-corrected chi connectivity index (χ4v) is 8.92. The SMILES string of the molecule is CO.COC(=O)c1cc2c(Oc3ccc(CC(=O)C4(C(=O)Cc5ccc(F)cc5)CC4)cc3)ccnc2cc1N.Nc1cc2nccc(Oc3ccc(CC(=O)C4(C(=O)Cc5ccc(F)cc5)CC4)cc3)c2cc1C(=O)O.O=S(=O)(O)O. The Bertz CT molecular complexity index is 3810. The summed E-state index contributed by atoms with van der Waals surface area (Å²) in [5.41, 5.74) is 14.4. The summed E-state index contributed by atoms with van der Waals surface area (Å²) >= 11 is 0. The van der Waals surface area contributed by atoms with Crippen LogP contribution in [0.5, 0.6) is 23.0 Å². The number of pyridine rings is 2. The minimum atomic E-state index is -4.67. The molecule has 8 aromatic rings. The van der Waals surface area contributed by atoms with E-state index in [0.29, 0.717) is 81.6 Å². The molecule has 10 rings (SSSR count). The molecule has 0 saturated heterocycles. The number of hydrogen-bond donors (Lipinski definition) is 6. The molecule has 2 fully saturated rings. The largest absolute Gasteiger partial charge is 0.478 e. The lowest BCUT2D eigenvalue weighted by Gasteiger charge is -2.14. The van der Waals surface area contributed by atoms with Crippen LogP contribution in [0.15, 0.2) is 146 Å². The van der Waals surface area contributed by atoms with Gasteiger partial charge in [0, 0.05) is 67.3 Å². The summed E-state index contributed by atoms with van der Waals surface area (Å²) in [7, 11) is -2.38. The fourth-order valence-electron chi connectivity index (χ4n) is 8.92. The van der Waals surface area contributed by atoms with Gasteiger partial charge in [-0.3, -0.25) is 38.3 Å². The topological polar surface area (TPSA) is 323 Å². The van der Waals surface area contributed by atoms with Crippen LogP contribution in [-0.2, 0) is 60.0 Å². The van der Waals surface area contributed by atoms with E-state index in [2.05, 4.69) is 9.97 Å². The van der Waals surface area contributed by atoms with E-state index in [1.807, 2.05) is 0 Å². The van der Waals surface area contributed by atoms with Gasteiger partial charge in [0.1, 0.15) is 34.6 Å². The average Bonchev–Trinajstić information content (AvgIpc) is 4.49. The Labute approximate surface area is 468 Å². The van der Waals surface area contributed by atoms with Crippen LogP contribution in [0, 0.1) is 22.5 Å². The highest BCUT2D eigenvalue weighted by molar-refractivity contribution is 7.79. The van der Waals surface area contributed by atoms with Gasteiger partial charge < -0.3 is 35.9 Å². The van der Waals surface area contributed by atoms with Gasteiger partial charge >= 0.3 is 22.3 Å². The van der Waals surface area contributed by atoms with Crippen molar-refractivity contribution in [3.05, 3.63) is 191 Å². The zero-order valence-electron chi connectivity index (χ0n) is 44.0. The predicted octanol–water partition coefficient (Wildman–Crippen LogP) is 9.34. The first-order valence-electron chi connectivity index (χ1n) is 25.0. The van der Waals surface area contributed by atoms with Crippen molar-refractivity contribution < 1.29 is 79.5 Å². The number of carbonyl (C=O) groups excluding carboxylic acids is 5. The Hall–Kier alpha value is -9.35. The molecule has 2 aliphatic carbocycles. The zero-order chi connectivity index (χ0) is 59.5. The Balaban J connectivity index is 0.000000212. The standard InChI is InChI=1S/C30H25FN2O5.C29H23FN2O5.CH4O.H2O4S/c1-37-29(36)22-16-23-25(17-24(22)32)33-13-10-26(23)38-21-8-4-19(5-9-21)15-28(35)30(11-12-30)27(34)14-18-2-6-20(31)7-3-18;30-19-5-1-17(2-6-19)13-26(33)29(10-11-29)27(34)14-18-3-7-20(8-4-18)37-25-9-12-32-24-16-23(31)21(28(35)36)15-22(24)25;1-2;1-5(2,3)4/h2-10,13,16-17H,11-12,14-15,32H2,1H3;1-9,12,15-16H,10-11,13-14,31H2,(H,35,36);2H,1H3;(H2,1,2,3,4). The van der Waals surface area contributed by atoms with Crippen LogP contribution in [0.4, 0.5) is 20.2 Å². The van der Waals surface area contributed by atoms with E-state index < -0.39 is 33.2 Å². The molecular weight excluding hydrogens is 1090 g/mol. The van der Waals surface area contributed by atoms with Crippen molar-refractivity contribution in [3.63, 3.8) is 0 Å². The second-order valence-corrected chi connectivity index (χ2v) is 20.0. The second kappa shape index (κ2) is 25.8. The molecule has 2 aliphatic rings. The molecule has 0 spiro atoms. The molecule has 0 unspecified atom stereocenters. The number of ketones is 4. The number of anilines is 2. The maximum atomic E-state index is 13.2. The fraction of sp³-hybridized carbons (Fsp3) is 0.200. The van der Waals surface area contributed by atoms with Gasteiger partial charge in [-0.1, -0.05) is 48.5 Å². The van der Waals surface area contributed by atoms with E-state index in [1.165, 1.54) is 43.5 Å². The van der Waals surface area contributed by atoms with Crippen LogP contribution >= 0.6 is 0 Å². The predicted molar refractivity (Wildman–Crippen MR) is 297 cm³/mol. The maximum absolute atomic E-state index is 13.2. The first kappa shape index (κ1) is 60.3. The number of carboxylic acid groups (broad SMARTS) is 1. The highest BCUT2D eigenvalue weighted by Gasteiger charge is 2.55. The van der Waals surface area contributed by atoms with Gasteiger partial charge in [0.2, 0.25) is 0 Å². The van der Waals surface area contributed by atoms with Crippen LogP contribution in [0.1, 0.15) is 68.7 Å². The molecule has 2 aromatic heterocycles. The van der Waals surface area contributed by atoms with Gasteiger partial charge in [-0.05, 0) is 133 Å². The van der Waals surface area contributed by atoms with Gasteiger partial charge in [0.25, 0.3) is 0 Å². The molecule has 0 radical (unpaired) electrons. The number of hydrogen-bond acceptors (Lipinski definition) is 16. The lowest BCUT2D eigenvalue weighted by atomic mass is 9.88. The molecule has 6 aromatic carbocycles. The van der Waals surface area contributed by atoms with Crippen molar-refractivity contribution in [1.82, 2.24) is 9.97 Å². The zero-order valence-corrected chi connectivity index (χ0v) is 44.8. The summed E-state index contributed by atoms with van der Waals surface area (Å²) < 4.78 is 74.7. The highest BCUT2D eigenvalue weighted by Crippen LogP contribution is 2.50. The first-order chi connectivity index (χ1) is 39.0. The molecule has 2 heterocycles. The number of benzene rings is 6. The molecule has 0 aliphatic heterocycles. The minimum Gasteiger partial charge on any atom is -0.478 e. The first-order valence-corrected chi connectivity index (χ1v) is 26.4. The number of methoxy groups -OCH3 is 1. The quantitative estimate of drug-likeness (QED) is 0.0202. The summed E-state index contributed by atoms with van der Waals surface area (Å²) in [6.45, 7) is 0. The van der Waals surface area contributed by atoms with Crippen LogP contribution in [0.2, 0.25) is 0 Å². The molecular formula is C60H54F2N4O15S. The van der Waals surface area contributed by atoms with Gasteiger partial charge in [-0.25, -0.2) is 18.4 Å². The van der Waals surface area contributed by atoms with E-state index in [4.69, 9.17) is 48.3 Å². The minimum absolute atomic E-state index is 0.0396. The number of aromatic carboxylic acids is 1. The van der Waals surface area contributed by atoms with E-state index in [0.717, 1.165) is 18.2 Å². The number of carbonyl (C=O) groups is 6. The summed E-state index contributed by atoms with van der Waals surface area (Å²) in [4.78, 5) is 84.0. The van der Waals surface area contributed by atoms with Crippen molar-refractivity contribution in [2.24, 2.45) is 10.8 Å². The number of halogens is 2. The van der Waals surface area contributed by atoms with Crippen molar-refractivity contribution in [1.29, 1.82) is 0 Å². The molecule has 0 atom stereocenters. The average molecular weight is 1140 g/mol. The number of carboxylic acids is 1. The lowest BCUT2D eigenvalue weighted by molar-refractivity contribution is -0.135. The summed E-state index contributed by atoms with van der Waals surface area (Å²) in [5.74, 6) is -0.993. The number of aliphatic hydroxyl groups excluding tert-OH is 1. The number of Topliss-reactive ketones (excluding diaryl/α,β-unsaturated/α-hetero) is 4. The number of aliphatic hydroxyl groups is 1. The number of rotatable bonds is 18. The molecule has 0 bridgehead atoms. The third-order valence-corrected chi connectivity index (χ3v) is 13.6. The Morgan fingerprint density at radius 1 is 0.524 bits per heavy atom. The van der Waals surface area contributed by atoms with Gasteiger partial charge in [-0.2, -0.15) is 8.42 Å². The normalized spacial score (nSPS) is 13.3. The van der Waals surface area contributed by atoms with E-state index in [-0.39, 0.29) is 83.0 Å². The van der Waals surface area contributed by atoms with Crippen LogP contribution in [0.25, 0.3) is 21.8 Å². The summed E-state index contributed by atoms with van der Waals surface area (Å²) in [6, 6.07) is 34.9. The molecule has 8 N–H and O–H groups in total. The summed E-state index contributed by atoms with van der Waals surface area (Å²) in [6.07, 6.45) is 5.75. The Kier molecular flexibility index (Phi) is 19.0.